The molecule has 3 N–H and O–H groups in total. The van der Waals surface area contributed by atoms with Crippen molar-refractivity contribution in [2.45, 2.75) is 33.1 Å². The third-order valence-corrected chi connectivity index (χ3v) is 0.762. The third kappa shape index (κ3) is 32.6. The van der Waals surface area contributed by atoms with Gasteiger partial charge in [0.1, 0.15) is 0 Å². The number of hydrogen-bond acceptors (Lipinski definition) is 2. The van der Waals surface area contributed by atoms with Gasteiger partial charge in [0.2, 0.25) is 0 Å². The molecule has 0 bridgehead atoms. The summed E-state index contributed by atoms with van der Waals surface area (Å²) < 4.78 is 4.83. The maximum atomic E-state index is 4.83. The highest BCUT2D eigenvalue weighted by molar-refractivity contribution is 4.50. The summed E-state index contributed by atoms with van der Waals surface area (Å²) in [5, 5.41) is 0. The summed E-state index contributed by atoms with van der Waals surface area (Å²) >= 11 is 0. The first kappa shape index (κ1) is 11.7. The van der Waals surface area contributed by atoms with Crippen LogP contribution in [0, 0.1) is 0 Å². The predicted molar refractivity (Wildman–Crippen MR) is 41.0 cm³/mol. The molecule has 0 aliphatic heterocycles. The van der Waals surface area contributed by atoms with E-state index in [1.54, 1.807) is 0 Å². The van der Waals surface area contributed by atoms with Crippen LogP contribution in [0.5, 0.6) is 0 Å². The van der Waals surface area contributed by atoms with Crippen molar-refractivity contribution >= 4 is 0 Å². The van der Waals surface area contributed by atoms with Gasteiger partial charge in [-0.1, -0.05) is 19.3 Å². The van der Waals surface area contributed by atoms with E-state index < -0.39 is 0 Å². The van der Waals surface area contributed by atoms with E-state index in [4.69, 9.17) is 4.74 Å². The molecule has 0 spiro atoms. The molecule has 0 saturated heterocycles. The summed E-state index contributed by atoms with van der Waals surface area (Å²) in [6, 6.07) is 0. The SMILES string of the molecule is C1CC1.CCOCC.N. The van der Waals surface area contributed by atoms with Crippen LogP contribution in [0.15, 0.2) is 0 Å². The van der Waals surface area contributed by atoms with Crippen LogP contribution in [0.25, 0.3) is 0 Å². The molecule has 1 aliphatic carbocycles. The summed E-state index contributed by atoms with van der Waals surface area (Å²) in [6.45, 7) is 5.67. The van der Waals surface area contributed by atoms with E-state index >= 15 is 0 Å². The molecule has 1 fully saturated rings. The minimum absolute atomic E-state index is 0. The molecule has 1 rings (SSSR count). The molecule has 2 nitrogen and oxygen atoms in total. The van der Waals surface area contributed by atoms with Crippen LogP contribution in [-0.2, 0) is 4.74 Å². The summed E-state index contributed by atoms with van der Waals surface area (Å²) in [5.41, 5.74) is 0. The van der Waals surface area contributed by atoms with Gasteiger partial charge in [-0.25, -0.2) is 0 Å². The van der Waals surface area contributed by atoms with Gasteiger partial charge in [-0.05, 0) is 13.8 Å². The number of ether oxygens (including phenoxy) is 1. The van der Waals surface area contributed by atoms with E-state index in [2.05, 4.69) is 0 Å². The lowest BCUT2D eigenvalue weighted by Gasteiger charge is -1.86. The minimum Gasteiger partial charge on any atom is -0.382 e. The molecule has 0 radical (unpaired) electrons. The molecule has 0 heterocycles. The zero-order chi connectivity index (χ0) is 6.24. The summed E-state index contributed by atoms with van der Waals surface area (Å²) in [7, 11) is 0. The Hall–Kier alpha value is -0.0800. The quantitative estimate of drug-likeness (QED) is 0.628. The molecule has 2 heteroatoms. The van der Waals surface area contributed by atoms with E-state index in [1.807, 2.05) is 13.8 Å². The molecule has 0 aromatic rings. The monoisotopic (exact) mass is 133 g/mol. The van der Waals surface area contributed by atoms with Gasteiger partial charge in [-0.2, -0.15) is 0 Å². The van der Waals surface area contributed by atoms with Crippen LogP contribution >= 0.6 is 0 Å². The molecule has 0 atom stereocenters. The van der Waals surface area contributed by atoms with Crippen LogP contribution in [0.1, 0.15) is 33.1 Å². The highest BCUT2D eigenvalue weighted by atomic mass is 16.5. The van der Waals surface area contributed by atoms with Gasteiger partial charge in [-0.15, -0.1) is 0 Å². The second kappa shape index (κ2) is 10.8. The van der Waals surface area contributed by atoms with E-state index in [0.29, 0.717) is 0 Å². The molecule has 0 aromatic heterocycles. The van der Waals surface area contributed by atoms with Crippen molar-refractivity contribution in [3.05, 3.63) is 0 Å². The largest absolute Gasteiger partial charge is 0.382 e. The topological polar surface area (TPSA) is 44.2 Å². The normalized spacial score (nSPS) is 12.7. The first-order valence-corrected chi connectivity index (χ1v) is 3.49. The molecule has 0 aromatic carbocycles. The zero-order valence-corrected chi connectivity index (χ0v) is 6.65. The lowest BCUT2D eigenvalue weighted by molar-refractivity contribution is 0.162. The minimum atomic E-state index is 0. The van der Waals surface area contributed by atoms with E-state index in [-0.39, 0.29) is 6.15 Å². The molecule has 58 valence electrons. The fourth-order valence-corrected chi connectivity index (χ4v) is 0.204. The van der Waals surface area contributed by atoms with Crippen LogP contribution in [0.4, 0.5) is 0 Å². The Morgan fingerprint density at radius 2 is 1.33 bits per heavy atom. The van der Waals surface area contributed by atoms with E-state index in [1.165, 1.54) is 19.3 Å². The van der Waals surface area contributed by atoms with Crippen molar-refractivity contribution in [1.29, 1.82) is 0 Å². The van der Waals surface area contributed by atoms with Gasteiger partial charge < -0.3 is 10.9 Å². The predicted octanol–water partition coefficient (Wildman–Crippen LogP) is 2.38. The van der Waals surface area contributed by atoms with Gasteiger partial charge in [-0.3, -0.25) is 0 Å². The Kier molecular flexibility index (Phi) is 14.0. The fraction of sp³-hybridized carbons (Fsp3) is 1.00. The van der Waals surface area contributed by atoms with Gasteiger partial charge in [0.25, 0.3) is 0 Å². The first-order chi connectivity index (χ1) is 3.91. The van der Waals surface area contributed by atoms with Crippen molar-refractivity contribution in [3.8, 4) is 0 Å². The second-order valence-corrected chi connectivity index (χ2v) is 1.84. The standard InChI is InChI=1S/C4H10O.C3H6.H3N/c1-3-5-4-2;1-2-3-1;/h3-4H2,1-2H3;1-3H2;1H3. The zero-order valence-electron chi connectivity index (χ0n) is 6.65. The maximum Gasteiger partial charge on any atom is 0.0437 e. The Labute approximate surface area is 58.2 Å². The van der Waals surface area contributed by atoms with Crippen molar-refractivity contribution in [1.82, 2.24) is 6.15 Å². The summed E-state index contributed by atoms with van der Waals surface area (Å²) in [6.07, 6.45) is 4.50. The summed E-state index contributed by atoms with van der Waals surface area (Å²) in [4.78, 5) is 0. The Morgan fingerprint density at radius 3 is 1.33 bits per heavy atom. The average Bonchev–Trinajstić information content (AvgIpc) is 2.50. The molecule has 1 aliphatic rings. The number of hydrogen-bond donors (Lipinski definition) is 1. The lowest BCUT2D eigenvalue weighted by Crippen LogP contribution is -1.84. The molecule has 0 amide bonds. The van der Waals surface area contributed by atoms with Gasteiger partial charge in [0.15, 0.2) is 0 Å². The lowest BCUT2D eigenvalue weighted by atomic mass is 10.8. The van der Waals surface area contributed by atoms with Crippen LogP contribution < -0.4 is 6.15 Å². The molecule has 0 unspecified atom stereocenters. The van der Waals surface area contributed by atoms with Gasteiger partial charge in [0, 0.05) is 13.2 Å². The average molecular weight is 133 g/mol. The molecular weight excluding hydrogens is 114 g/mol. The van der Waals surface area contributed by atoms with Crippen molar-refractivity contribution < 1.29 is 4.74 Å². The molecule has 1 saturated carbocycles. The van der Waals surface area contributed by atoms with Crippen molar-refractivity contribution in [2.75, 3.05) is 13.2 Å². The Balaban J connectivity index is 0. The van der Waals surface area contributed by atoms with E-state index in [9.17, 15) is 0 Å². The first-order valence-electron chi connectivity index (χ1n) is 3.49. The van der Waals surface area contributed by atoms with Gasteiger partial charge >= 0.3 is 0 Å². The number of rotatable bonds is 2. The smallest absolute Gasteiger partial charge is 0.0437 e. The van der Waals surface area contributed by atoms with Crippen LogP contribution in [-0.4, -0.2) is 13.2 Å². The van der Waals surface area contributed by atoms with Crippen molar-refractivity contribution in [3.63, 3.8) is 0 Å². The van der Waals surface area contributed by atoms with E-state index in [0.717, 1.165) is 13.2 Å². The molecular formula is C7H19NO. The fourth-order valence-electron chi connectivity index (χ4n) is 0.204. The highest BCUT2D eigenvalue weighted by Crippen LogP contribution is 2.14. The Bertz CT molecular complexity index is 33.1. The third-order valence-electron chi connectivity index (χ3n) is 0.762. The summed E-state index contributed by atoms with van der Waals surface area (Å²) in [5.74, 6) is 0. The van der Waals surface area contributed by atoms with Crippen molar-refractivity contribution in [2.24, 2.45) is 0 Å². The maximum absolute atomic E-state index is 4.83. The van der Waals surface area contributed by atoms with Crippen LogP contribution in [0.3, 0.4) is 0 Å². The Morgan fingerprint density at radius 1 is 1.00 bits per heavy atom. The van der Waals surface area contributed by atoms with Gasteiger partial charge in [0.05, 0.1) is 0 Å². The second-order valence-electron chi connectivity index (χ2n) is 1.84. The highest BCUT2D eigenvalue weighted by Gasteiger charge is 1.95. The molecule has 9 heavy (non-hydrogen) atoms. The van der Waals surface area contributed by atoms with Crippen LogP contribution in [0.2, 0.25) is 0 Å².